The molecule has 0 unspecified atom stereocenters. The van der Waals surface area contributed by atoms with Crippen molar-refractivity contribution < 1.29 is 4.79 Å². The quantitative estimate of drug-likeness (QED) is 0.610. The predicted molar refractivity (Wildman–Crippen MR) is 68.8 cm³/mol. The molecule has 1 aromatic rings. The number of hydrogen-bond acceptors (Lipinski definition) is 1. The van der Waals surface area contributed by atoms with Gasteiger partial charge in [0.2, 0.25) is 0 Å². The van der Waals surface area contributed by atoms with Crippen LogP contribution >= 0.6 is 0 Å². The van der Waals surface area contributed by atoms with E-state index < -0.39 is 20.9 Å². The molecule has 0 heterocycles. The van der Waals surface area contributed by atoms with Crippen LogP contribution in [0.3, 0.4) is 0 Å². The predicted octanol–water partition coefficient (Wildman–Crippen LogP) is 1.90. The third kappa shape index (κ3) is 3.67. The van der Waals surface area contributed by atoms with Crippen LogP contribution in [0.2, 0.25) is 0 Å². The number of hydrogen-bond donors (Lipinski definition) is 0. The van der Waals surface area contributed by atoms with Crippen molar-refractivity contribution in [1.29, 1.82) is 0 Å². The molecule has 0 aliphatic heterocycles. The summed E-state index contributed by atoms with van der Waals surface area (Å²) in [5.41, 5.74) is 0.869. The molecule has 1 aromatic carbocycles. The maximum absolute atomic E-state index is 12.1. The van der Waals surface area contributed by atoms with Crippen LogP contribution in [-0.2, 0) is 4.79 Å². The molecule has 0 N–H and O–H groups in total. The number of benzene rings is 1. The van der Waals surface area contributed by atoms with E-state index in [4.69, 9.17) is 6.42 Å². The van der Waals surface area contributed by atoms with Crippen molar-refractivity contribution in [2.45, 2.75) is 27.2 Å². The number of aryl methyl sites for hydroxylation is 1. The molecular formula is C14H16OTe. The van der Waals surface area contributed by atoms with Crippen LogP contribution in [0.5, 0.6) is 0 Å². The number of carbonyl (C=O) groups excluding carboxylic acids is 1. The summed E-state index contributed by atoms with van der Waals surface area (Å²) in [6, 6.07) is 8.23. The molecule has 16 heavy (non-hydrogen) atoms. The van der Waals surface area contributed by atoms with E-state index >= 15 is 0 Å². The molecule has 0 saturated carbocycles. The van der Waals surface area contributed by atoms with Gasteiger partial charge in [-0.05, 0) is 0 Å². The second-order valence-electron chi connectivity index (χ2n) is 4.47. The van der Waals surface area contributed by atoms with Crippen LogP contribution in [0.1, 0.15) is 25.8 Å². The third-order valence-corrected chi connectivity index (χ3v) is 5.88. The van der Waals surface area contributed by atoms with E-state index in [1.807, 2.05) is 13.8 Å². The summed E-state index contributed by atoms with van der Waals surface area (Å²) in [7, 11) is 0. The average molecular weight is 328 g/mol. The Morgan fingerprint density at radius 1 is 1.38 bits per heavy atom. The van der Waals surface area contributed by atoms with Crippen molar-refractivity contribution >= 4 is 28.4 Å². The van der Waals surface area contributed by atoms with E-state index in [0.29, 0.717) is 10.3 Å². The standard InChI is InChI=1S/C14H16OTe/c1-5-10-14(3,4)13(15)16-12-8-6-11(2)7-9-12/h1,6-9H,10H2,2-4H3. The van der Waals surface area contributed by atoms with Gasteiger partial charge in [0.05, 0.1) is 0 Å². The molecule has 0 radical (unpaired) electrons. The normalized spacial score (nSPS) is 10.9. The molecule has 0 fully saturated rings. The molecule has 0 amide bonds. The summed E-state index contributed by atoms with van der Waals surface area (Å²) >= 11 is -0.777. The van der Waals surface area contributed by atoms with Crippen molar-refractivity contribution in [3.8, 4) is 12.3 Å². The zero-order valence-corrected chi connectivity index (χ0v) is 12.2. The van der Waals surface area contributed by atoms with Crippen LogP contribution in [-0.4, -0.2) is 24.8 Å². The van der Waals surface area contributed by atoms with Gasteiger partial charge in [-0.25, -0.2) is 0 Å². The molecule has 0 aliphatic carbocycles. The van der Waals surface area contributed by atoms with Gasteiger partial charge >= 0.3 is 108 Å². The molecule has 0 aliphatic rings. The fourth-order valence-corrected chi connectivity index (χ4v) is 3.56. The van der Waals surface area contributed by atoms with Crippen LogP contribution < -0.4 is 3.61 Å². The van der Waals surface area contributed by atoms with Crippen LogP contribution in [0.25, 0.3) is 0 Å². The van der Waals surface area contributed by atoms with Gasteiger partial charge in [0.15, 0.2) is 0 Å². The first kappa shape index (κ1) is 13.3. The van der Waals surface area contributed by atoms with Gasteiger partial charge in [-0.15, -0.1) is 0 Å². The van der Waals surface area contributed by atoms with Crippen molar-refractivity contribution in [2.24, 2.45) is 5.41 Å². The maximum atomic E-state index is 12.1. The van der Waals surface area contributed by atoms with Gasteiger partial charge in [-0.3, -0.25) is 0 Å². The molecule has 2 heteroatoms. The Hall–Kier alpha value is -0.760. The summed E-state index contributed by atoms with van der Waals surface area (Å²) in [6.07, 6.45) is 5.81. The molecule has 0 spiro atoms. The summed E-state index contributed by atoms with van der Waals surface area (Å²) in [5.74, 6) is 2.58. The Labute approximate surface area is 108 Å². The molecule has 0 bridgehead atoms. The second kappa shape index (κ2) is 5.53. The van der Waals surface area contributed by atoms with Gasteiger partial charge in [0.1, 0.15) is 0 Å². The van der Waals surface area contributed by atoms with Crippen molar-refractivity contribution in [1.82, 2.24) is 0 Å². The van der Waals surface area contributed by atoms with Gasteiger partial charge in [-0.2, -0.15) is 0 Å². The summed E-state index contributed by atoms with van der Waals surface area (Å²) < 4.78 is 1.52. The van der Waals surface area contributed by atoms with Crippen LogP contribution in [0.4, 0.5) is 0 Å². The van der Waals surface area contributed by atoms with E-state index in [1.165, 1.54) is 9.17 Å². The molecule has 84 valence electrons. The second-order valence-corrected chi connectivity index (χ2v) is 7.45. The fraction of sp³-hybridized carbons (Fsp3) is 0.357. The zero-order valence-electron chi connectivity index (χ0n) is 9.91. The molecule has 1 rings (SSSR count). The zero-order chi connectivity index (χ0) is 12.2. The molecule has 0 saturated heterocycles. The fourth-order valence-electron chi connectivity index (χ4n) is 1.18. The first-order valence-electron chi connectivity index (χ1n) is 5.18. The SMILES string of the molecule is C#CCC(C)(C)C(=O)[Te]c1ccc(C)cc1. The van der Waals surface area contributed by atoms with Gasteiger partial charge < -0.3 is 0 Å². The Morgan fingerprint density at radius 3 is 2.44 bits per heavy atom. The summed E-state index contributed by atoms with van der Waals surface area (Å²) in [5, 5.41) is 0. The van der Waals surface area contributed by atoms with Crippen LogP contribution in [0.15, 0.2) is 24.3 Å². The summed E-state index contributed by atoms with van der Waals surface area (Å²) in [6.45, 7) is 5.93. The minimum atomic E-state index is -0.777. The number of rotatable bonds is 4. The first-order valence-corrected chi connectivity index (χ1v) is 7.51. The van der Waals surface area contributed by atoms with Crippen LogP contribution in [0, 0.1) is 24.7 Å². The third-order valence-electron chi connectivity index (χ3n) is 2.33. The average Bonchev–Trinajstić information content (AvgIpc) is 2.21. The van der Waals surface area contributed by atoms with Gasteiger partial charge in [-0.1, -0.05) is 0 Å². The molecule has 0 atom stereocenters. The first-order chi connectivity index (χ1) is 7.45. The molecular weight excluding hydrogens is 312 g/mol. The van der Waals surface area contributed by atoms with Gasteiger partial charge in [0.25, 0.3) is 0 Å². The number of terminal acetylenes is 1. The Morgan fingerprint density at radius 2 is 1.94 bits per heavy atom. The van der Waals surface area contributed by atoms with E-state index in [2.05, 4.69) is 37.1 Å². The monoisotopic (exact) mass is 330 g/mol. The van der Waals surface area contributed by atoms with E-state index in [-0.39, 0.29) is 5.41 Å². The van der Waals surface area contributed by atoms with E-state index in [1.54, 1.807) is 0 Å². The van der Waals surface area contributed by atoms with Crippen molar-refractivity contribution in [3.05, 3.63) is 29.8 Å². The van der Waals surface area contributed by atoms with Crippen molar-refractivity contribution in [3.63, 3.8) is 0 Å². The van der Waals surface area contributed by atoms with Crippen molar-refractivity contribution in [2.75, 3.05) is 0 Å². The topological polar surface area (TPSA) is 17.1 Å². The summed E-state index contributed by atoms with van der Waals surface area (Å²) in [4.78, 5) is 12.1. The van der Waals surface area contributed by atoms with Gasteiger partial charge in [0, 0.05) is 0 Å². The number of carbonyl (C=O) groups is 1. The Bertz CT molecular complexity index is 409. The minimum absolute atomic E-state index is 0.333. The van der Waals surface area contributed by atoms with E-state index in [9.17, 15) is 4.79 Å². The molecule has 1 nitrogen and oxygen atoms in total. The molecule has 0 aromatic heterocycles. The Kier molecular flexibility index (Phi) is 4.60. The van der Waals surface area contributed by atoms with E-state index in [0.717, 1.165) is 0 Å². The Balaban J connectivity index is 2.72.